The van der Waals surface area contributed by atoms with Gasteiger partial charge in [0.05, 0.1) is 12.5 Å². The molecule has 12 heavy (non-hydrogen) atoms. The molecule has 2 N–H and O–H groups in total. The Kier molecular flexibility index (Phi) is 2.02. The highest BCUT2D eigenvalue weighted by Gasteiger charge is 2.50. The highest BCUT2D eigenvalue weighted by molar-refractivity contribution is 5.80. The summed E-state index contributed by atoms with van der Waals surface area (Å²) < 4.78 is 0. The van der Waals surface area contributed by atoms with E-state index in [9.17, 15) is 4.79 Å². The minimum Gasteiger partial charge on any atom is -0.313 e. The topological polar surface area (TPSA) is 50.4 Å². The SMILES string of the molecule is CCONC(=O)C1C2CNC1C2. The van der Waals surface area contributed by atoms with Crippen LogP contribution >= 0.6 is 0 Å². The predicted octanol–water partition coefficient (Wildman–Crippen LogP) is -0.338. The normalized spacial score (nSPS) is 37.6. The number of amides is 1. The molecule has 1 aliphatic carbocycles. The molecule has 1 saturated carbocycles. The maximum Gasteiger partial charge on any atom is 0.248 e. The van der Waals surface area contributed by atoms with E-state index in [2.05, 4.69) is 10.8 Å². The molecule has 0 aromatic heterocycles. The monoisotopic (exact) mass is 170 g/mol. The Morgan fingerprint density at radius 2 is 2.58 bits per heavy atom. The summed E-state index contributed by atoms with van der Waals surface area (Å²) in [7, 11) is 0. The summed E-state index contributed by atoms with van der Waals surface area (Å²) in [5.74, 6) is 0.759. The number of hydrogen-bond acceptors (Lipinski definition) is 3. The molecule has 0 aromatic rings. The van der Waals surface area contributed by atoms with Crippen LogP contribution in [0.1, 0.15) is 13.3 Å². The average molecular weight is 170 g/mol. The van der Waals surface area contributed by atoms with Crippen molar-refractivity contribution in [3.63, 3.8) is 0 Å². The Labute approximate surface area is 71.6 Å². The van der Waals surface area contributed by atoms with Crippen molar-refractivity contribution < 1.29 is 9.63 Å². The van der Waals surface area contributed by atoms with Crippen molar-refractivity contribution in [2.24, 2.45) is 11.8 Å². The number of hydrogen-bond donors (Lipinski definition) is 2. The zero-order valence-electron chi connectivity index (χ0n) is 7.17. The number of hydroxylamine groups is 1. The fourth-order valence-corrected chi connectivity index (χ4v) is 2.08. The van der Waals surface area contributed by atoms with Crippen molar-refractivity contribution in [2.45, 2.75) is 19.4 Å². The first-order chi connectivity index (χ1) is 5.83. The summed E-state index contributed by atoms with van der Waals surface area (Å²) in [5, 5.41) is 3.28. The van der Waals surface area contributed by atoms with Gasteiger partial charge in [-0.05, 0) is 25.8 Å². The smallest absolute Gasteiger partial charge is 0.248 e. The summed E-state index contributed by atoms with van der Waals surface area (Å²) >= 11 is 0. The first kappa shape index (κ1) is 8.01. The number of rotatable bonds is 3. The highest BCUT2D eigenvalue weighted by Crippen LogP contribution is 2.39. The molecule has 3 atom stereocenters. The van der Waals surface area contributed by atoms with Gasteiger partial charge in [-0.3, -0.25) is 9.63 Å². The molecular weight excluding hydrogens is 156 g/mol. The van der Waals surface area contributed by atoms with Crippen molar-refractivity contribution in [1.82, 2.24) is 10.8 Å². The van der Waals surface area contributed by atoms with Crippen LogP contribution in [0.5, 0.6) is 0 Å². The molecule has 0 radical (unpaired) electrons. The van der Waals surface area contributed by atoms with E-state index in [1.165, 1.54) is 0 Å². The Morgan fingerprint density at radius 3 is 3.08 bits per heavy atom. The van der Waals surface area contributed by atoms with Crippen molar-refractivity contribution in [2.75, 3.05) is 13.2 Å². The zero-order valence-corrected chi connectivity index (χ0v) is 7.17. The Hall–Kier alpha value is -0.610. The van der Waals surface area contributed by atoms with E-state index in [0.29, 0.717) is 18.6 Å². The van der Waals surface area contributed by atoms with Gasteiger partial charge in [0.15, 0.2) is 0 Å². The molecule has 3 fully saturated rings. The van der Waals surface area contributed by atoms with Crippen molar-refractivity contribution in [3.8, 4) is 0 Å². The lowest BCUT2D eigenvalue weighted by molar-refractivity contribution is -0.142. The van der Waals surface area contributed by atoms with E-state index in [1.807, 2.05) is 6.92 Å². The van der Waals surface area contributed by atoms with E-state index < -0.39 is 0 Å². The Balaban J connectivity index is 1.81. The fraction of sp³-hybridized carbons (Fsp3) is 0.875. The van der Waals surface area contributed by atoms with Gasteiger partial charge in [-0.2, -0.15) is 0 Å². The molecule has 3 aliphatic rings. The lowest BCUT2D eigenvalue weighted by Crippen LogP contribution is -2.47. The van der Waals surface area contributed by atoms with E-state index in [4.69, 9.17) is 4.84 Å². The lowest BCUT2D eigenvalue weighted by atomic mass is 9.73. The second-order valence-corrected chi connectivity index (χ2v) is 3.44. The third kappa shape index (κ3) is 1.11. The van der Waals surface area contributed by atoms with Crippen LogP contribution in [0.2, 0.25) is 0 Å². The molecule has 0 spiro atoms. The molecule has 3 rings (SSSR count). The Morgan fingerprint density at radius 1 is 1.75 bits per heavy atom. The maximum atomic E-state index is 11.4. The fourth-order valence-electron chi connectivity index (χ4n) is 2.08. The van der Waals surface area contributed by atoms with Crippen molar-refractivity contribution in [1.29, 1.82) is 0 Å². The molecule has 2 saturated heterocycles. The van der Waals surface area contributed by atoms with Gasteiger partial charge in [0, 0.05) is 6.04 Å². The minimum atomic E-state index is 0.0445. The van der Waals surface area contributed by atoms with Gasteiger partial charge in [0.2, 0.25) is 5.91 Å². The second-order valence-electron chi connectivity index (χ2n) is 3.44. The third-order valence-electron chi connectivity index (χ3n) is 2.76. The molecule has 0 aromatic carbocycles. The van der Waals surface area contributed by atoms with Crippen LogP contribution in [0.25, 0.3) is 0 Å². The average Bonchev–Trinajstić information content (AvgIpc) is 2.60. The number of fused-ring (bicyclic) bond motifs is 1. The molecule has 1 amide bonds. The molecule has 4 nitrogen and oxygen atoms in total. The van der Waals surface area contributed by atoms with Crippen LogP contribution in [-0.2, 0) is 9.63 Å². The summed E-state index contributed by atoms with van der Waals surface area (Å²) in [6.07, 6.45) is 1.16. The predicted molar refractivity (Wildman–Crippen MR) is 43.2 cm³/mol. The number of nitrogens with one attached hydrogen (secondary N) is 2. The van der Waals surface area contributed by atoms with E-state index >= 15 is 0 Å². The summed E-state index contributed by atoms with van der Waals surface area (Å²) in [6.45, 7) is 3.38. The standard InChI is InChI=1S/C8H14N2O2/c1-2-12-10-8(11)7-5-3-6(7)9-4-5/h5-7,9H,2-4H2,1H3,(H,10,11). The van der Waals surface area contributed by atoms with Gasteiger partial charge < -0.3 is 5.32 Å². The van der Waals surface area contributed by atoms with Gasteiger partial charge >= 0.3 is 0 Å². The highest BCUT2D eigenvalue weighted by atomic mass is 16.6. The maximum absolute atomic E-state index is 11.4. The van der Waals surface area contributed by atoms with Gasteiger partial charge in [0.25, 0.3) is 0 Å². The third-order valence-corrected chi connectivity index (χ3v) is 2.76. The summed E-state index contributed by atoms with van der Waals surface area (Å²) in [6, 6.07) is 0.412. The minimum absolute atomic E-state index is 0.0445. The zero-order chi connectivity index (χ0) is 8.55. The molecule has 4 heteroatoms. The number of carbonyl (C=O) groups excluding carboxylic acids is 1. The first-order valence-corrected chi connectivity index (χ1v) is 4.48. The quantitative estimate of drug-likeness (QED) is 0.570. The van der Waals surface area contributed by atoms with Crippen molar-refractivity contribution >= 4 is 5.91 Å². The molecule has 2 heterocycles. The molecule has 3 unspecified atom stereocenters. The van der Waals surface area contributed by atoms with Crippen molar-refractivity contribution in [3.05, 3.63) is 0 Å². The molecule has 68 valence electrons. The molecule has 2 bridgehead atoms. The van der Waals surface area contributed by atoms with Gasteiger partial charge in [-0.15, -0.1) is 0 Å². The van der Waals surface area contributed by atoms with Crippen LogP contribution < -0.4 is 10.8 Å². The summed E-state index contributed by atoms with van der Waals surface area (Å²) in [4.78, 5) is 16.2. The van der Waals surface area contributed by atoms with E-state index in [-0.39, 0.29) is 11.8 Å². The van der Waals surface area contributed by atoms with E-state index in [1.54, 1.807) is 0 Å². The van der Waals surface area contributed by atoms with Gasteiger partial charge in [0.1, 0.15) is 0 Å². The number of carbonyl (C=O) groups is 1. The van der Waals surface area contributed by atoms with E-state index in [0.717, 1.165) is 13.0 Å². The summed E-state index contributed by atoms with van der Waals surface area (Å²) in [5.41, 5.74) is 2.46. The van der Waals surface area contributed by atoms with Crippen LogP contribution in [0.4, 0.5) is 0 Å². The van der Waals surface area contributed by atoms with Crippen LogP contribution in [0.3, 0.4) is 0 Å². The molecular formula is C8H14N2O2. The van der Waals surface area contributed by atoms with Gasteiger partial charge in [-0.25, -0.2) is 5.48 Å². The largest absolute Gasteiger partial charge is 0.313 e. The molecule has 2 aliphatic heterocycles. The lowest BCUT2D eigenvalue weighted by Gasteiger charge is -2.32. The van der Waals surface area contributed by atoms with Crippen LogP contribution in [-0.4, -0.2) is 25.1 Å². The second kappa shape index (κ2) is 3.03. The van der Waals surface area contributed by atoms with Crippen LogP contribution in [0.15, 0.2) is 0 Å². The Bertz CT molecular complexity index is 181. The first-order valence-electron chi connectivity index (χ1n) is 4.48. The van der Waals surface area contributed by atoms with Crippen LogP contribution in [0, 0.1) is 11.8 Å². The van der Waals surface area contributed by atoms with Gasteiger partial charge in [-0.1, -0.05) is 0 Å².